The van der Waals surface area contributed by atoms with Crippen molar-refractivity contribution in [2.45, 2.75) is 20.4 Å². The molecule has 100 valence electrons. The molecule has 0 saturated heterocycles. The normalized spacial score (nSPS) is 10.7. The first-order chi connectivity index (χ1) is 9.02. The number of aromatic hydroxyl groups is 1. The Bertz CT molecular complexity index is 662. The Morgan fingerprint density at radius 1 is 1.26 bits per heavy atom. The molecule has 0 spiro atoms. The third-order valence-corrected chi connectivity index (χ3v) is 3.06. The predicted molar refractivity (Wildman–Crippen MR) is 73.7 cm³/mol. The highest BCUT2D eigenvalue weighted by Crippen LogP contribution is 2.15. The summed E-state index contributed by atoms with van der Waals surface area (Å²) in [7, 11) is 1.76. The van der Waals surface area contributed by atoms with E-state index in [4.69, 9.17) is 0 Å². The molecule has 2 N–H and O–H groups in total. The van der Waals surface area contributed by atoms with Crippen molar-refractivity contribution < 1.29 is 5.11 Å². The van der Waals surface area contributed by atoms with Gasteiger partial charge in [-0.2, -0.15) is 9.78 Å². The first kappa shape index (κ1) is 13.3. The molecule has 1 aromatic heterocycles. The van der Waals surface area contributed by atoms with E-state index in [1.165, 1.54) is 10.7 Å². The fraction of sp³-hybridized carbons (Fsp3) is 0.286. The molecule has 0 radical (unpaired) electrons. The number of rotatable bonds is 3. The highest BCUT2D eigenvalue weighted by atomic mass is 16.3. The zero-order valence-electron chi connectivity index (χ0n) is 11.3. The molecule has 0 amide bonds. The van der Waals surface area contributed by atoms with Gasteiger partial charge >= 0.3 is 0 Å². The lowest BCUT2D eigenvalue weighted by Gasteiger charge is -2.10. The van der Waals surface area contributed by atoms with Crippen LogP contribution in [0.1, 0.15) is 16.8 Å². The van der Waals surface area contributed by atoms with Gasteiger partial charge in [-0.05, 0) is 44.2 Å². The van der Waals surface area contributed by atoms with E-state index in [0.717, 1.165) is 11.1 Å². The van der Waals surface area contributed by atoms with Gasteiger partial charge in [0, 0.05) is 12.6 Å². The number of hydrogen-bond acceptors (Lipinski definition) is 4. The summed E-state index contributed by atoms with van der Waals surface area (Å²) in [5, 5.41) is 16.8. The number of nitrogens with zero attached hydrogens (tertiary/aromatic N) is 2. The van der Waals surface area contributed by atoms with Gasteiger partial charge in [-0.15, -0.1) is 0 Å². The van der Waals surface area contributed by atoms with Crippen LogP contribution < -0.4 is 10.9 Å². The second-order valence-corrected chi connectivity index (χ2v) is 4.53. The Morgan fingerprint density at radius 2 is 2.00 bits per heavy atom. The van der Waals surface area contributed by atoms with E-state index in [1.807, 2.05) is 32.0 Å². The maximum Gasteiger partial charge on any atom is 0.275 e. The van der Waals surface area contributed by atoms with Crippen LogP contribution in [0.3, 0.4) is 0 Å². The van der Waals surface area contributed by atoms with Crippen molar-refractivity contribution in [1.29, 1.82) is 0 Å². The van der Waals surface area contributed by atoms with E-state index in [-0.39, 0.29) is 11.3 Å². The van der Waals surface area contributed by atoms with E-state index < -0.39 is 0 Å². The summed E-state index contributed by atoms with van der Waals surface area (Å²) in [5.41, 5.74) is 3.05. The maximum atomic E-state index is 11.9. The summed E-state index contributed by atoms with van der Waals surface area (Å²) in [5.74, 6) is -0.0839. The topological polar surface area (TPSA) is 67.2 Å². The first-order valence-corrected chi connectivity index (χ1v) is 6.07. The van der Waals surface area contributed by atoms with Crippen molar-refractivity contribution in [1.82, 2.24) is 15.1 Å². The average molecular weight is 259 g/mol. The lowest BCUT2D eigenvalue weighted by Crippen LogP contribution is -2.23. The molecule has 2 aromatic rings. The Kier molecular flexibility index (Phi) is 3.66. The molecular weight excluding hydrogens is 242 g/mol. The molecule has 1 heterocycles. The van der Waals surface area contributed by atoms with Crippen molar-refractivity contribution >= 4 is 0 Å². The lowest BCUT2D eigenvalue weighted by molar-refractivity contribution is 0.453. The lowest BCUT2D eigenvalue weighted by atomic mass is 10.1. The molecule has 0 aliphatic carbocycles. The molecule has 0 bridgehead atoms. The van der Waals surface area contributed by atoms with Gasteiger partial charge in [0.1, 0.15) is 11.4 Å². The number of benzene rings is 1. The van der Waals surface area contributed by atoms with Gasteiger partial charge in [0.15, 0.2) is 0 Å². The van der Waals surface area contributed by atoms with Gasteiger partial charge in [-0.25, -0.2) is 0 Å². The van der Waals surface area contributed by atoms with Crippen LogP contribution in [0.2, 0.25) is 0 Å². The zero-order chi connectivity index (χ0) is 14.0. The van der Waals surface area contributed by atoms with Crippen molar-refractivity contribution in [3.63, 3.8) is 0 Å². The van der Waals surface area contributed by atoms with Crippen LogP contribution in [0.4, 0.5) is 0 Å². The van der Waals surface area contributed by atoms with Crippen LogP contribution in [0.15, 0.2) is 29.1 Å². The highest BCUT2D eigenvalue weighted by molar-refractivity contribution is 5.39. The quantitative estimate of drug-likeness (QED) is 0.871. The van der Waals surface area contributed by atoms with Crippen LogP contribution in [0, 0.1) is 13.8 Å². The first-order valence-electron chi connectivity index (χ1n) is 6.07. The minimum atomic E-state index is -0.347. The van der Waals surface area contributed by atoms with E-state index in [9.17, 15) is 9.90 Å². The molecular formula is C14H17N3O2. The van der Waals surface area contributed by atoms with Crippen molar-refractivity contribution in [2.24, 2.45) is 0 Å². The number of aromatic nitrogens is 2. The molecule has 0 aliphatic rings. The summed E-state index contributed by atoms with van der Waals surface area (Å²) in [6.45, 7) is 4.40. The third-order valence-electron chi connectivity index (χ3n) is 3.06. The Labute approximate surface area is 111 Å². The summed E-state index contributed by atoms with van der Waals surface area (Å²) in [6, 6.07) is 6.89. The van der Waals surface area contributed by atoms with Crippen LogP contribution in [-0.4, -0.2) is 21.9 Å². The van der Waals surface area contributed by atoms with Gasteiger partial charge in [0.05, 0.1) is 5.69 Å². The standard InChI is InChI=1S/C14H17N3O2/c1-9-4-5-11(6-10(9)2)17-14(19)7-13(18)12(16-17)8-15-3/h4-7,15,18H,8H2,1-3H3. The number of aryl methyl sites for hydroxylation is 2. The van der Waals surface area contributed by atoms with Gasteiger partial charge in [-0.3, -0.25) is 4.79 Å². The smallest absolute Gasteiger partial charge is 0.275 e. The molecule has 19 heavy (non-hydrogen) atoms. The predicted octanol–water partition coefficient (Wildman–Crippen LogP) is 1.27. The summed E-state index contributed by atoms with van der Waals surface area (Å²) in [4.78, 5) is 11.9. The minimum Gasteiger partial charge on any atom is -0.506 e. The van der Waals surface area contributed by atoms with Crippen molar-refractivity contribution in [3.05, 3.63) is 51.4 Å². The maximum absolute atomic E-state index is 11.9. The molecule has 0 aliphatic heterocycles. The third kappa shape index (κ3) is 2.66. The van der Waals surface area contributed by atoms with Gasteiger partial charge in [-0.1, -0.05) is 6.07 Å². The second kappa shape index (κ2) is 5.24. The molecule has 0 unspecified atom stereocenters. The molecule has 2 rings (SSSR count). The van der Waals surface area contributed by atoms with Crippen LogP contribution >= 0.6 is 0 Å². The Morgan fingerprint density at radius 3 is 2.63 bits per heavy atom. The van der Waals surface area contributed by atoms with Crippen molar-refractivity contribution in [2.75, 3.05) is 7.05 Å². The van der Waals surface area contributed by atoms with Gasteiger partial charge < -0.3 is 10.4 Å². The van der Waals surface area contributed by atoms with Crippen LogP contribution in [0.5, 0.6) is 5.75 Å². The van der Waals surface area contributed by atoms with Crippen LogP contribution in [0.25, 0.3) is 5.69 Å². The fourth-order valence-electron chi connectivity index (χ4n) is 1.82. The fourth-order valence-corrected chi connectivity index (χ4v) is 1.82. The zero-order valence-corrected chi connectivity index (χ0v) is 11.3. The van der Waals surface area contributed by atoms with E-state index in [2.05, 4.69) is 10.4 Å². The van der Waals surface area contributed by atoms with E-state index in [1.54, 1.807) is 7.05 Å². The highest BCUT2D eigenvalue weighted by Gasteiger charge is 2.09. The molecule has 0 fully saturated rings. The second-order valence-electron chi connectivity index (χ2n) is 4.53. The Balaban J connectivity index is 2.57. The number of nitrogens with one attached hydrogen (secondary N) is 1. The monoisotopic (exact) mass is 259 g/mol. The summed E-state index contributed by atoms with van der Waals surface area (Å²) < 4.78 is 1.30. The number of hydrogen-bond donors (Lipinski definition) is 2. The van der Waals surface area contributed by atoms with Crippen LogP contribution in [-0.2, 0) is 6.54 Å². The SMILES string of the molecule is CNCc1nn(-c2ccc(C)c(C)c2)c(=O)cc1O. The summed E-state index contributed by atoms with van der Waals surface area (Å²) in [6.07, 6.45) is 0. The van der Waals surface area contributed by atoms with Gasteiger partial charge in [0.2, 0.25) is 0 Å². The van der Waals surface area contributed by atoms with E-state index in [0.29, 0.717) is 17.9 Å². The largest absolute Gasteiger partial charge is 0.506 e. The molecule has 0 saturated carbocycles. The average Bonchev–Trinajstić information content (AvgIpc) is 2.36. The molecule has 5 heteroatoms. The molecule has 1 aromatic carbocycles. The Hall–Kier alpha value is -2.14. The van der Waals surface area contributed by atoms with Gasteiger partial charge in [0.25, 0.3) is 5.56 Å². The molecule has 5 nitrogen and oxygen atoms in total. The van der Waals surface area contributed by atoms with Crippen molar-refractivity contribution in [3.8, 4) is 11.4 Å². The molecule has 0 atom stereocenters. The summed E-state index contributed by atoms with van der Waals surface area (Å²) >= 11 is 0. The minimum absolute atomic E-state index is 0.0839. The van der Waals surface area contributed by atoms with E-state index >= 15 is 0 Å².